The van der Waals surface area contributed by atoms with Crippen molar-refractivity contribution in [2.75, 3.05) is 17.2 Å². The number of carbonyl (C=O) groups is 1. The van der Waals surface area contributed by atoms with Gasteiger partial charge in [-0.05, 0) is 24.3 Å². The fourth-order valence-corrected chi connectivity index (χ4v) is 2.94. The highest BCUT2D eigenvalue weighted by atomic mass is 32.1. The molecule has 0 aliphatic rings. The Balaban J connectivity index is 1.31. The summed E-state index contributed by atoms with van der Waals surface area (Å²) in [5, 5.41) is 14.9. The van der Waals surface area contributed by atoms with E-state index < -0.39 is 0 Å². The molecule has 3 aromatic heterocycles. The summed E-state index contributed by atoms with van der Waals surface area (Å²) in [7, 11) is 0. The summed E-state index contributed by atoms with van der Waals surface area (Å²) in [4.78, 5) is 16.3. The van der Waals surface area contributed by atoms with Crippen molar-refractivity contribution in [2.45, 2.75) is 6.42 Å². The Morgan fingerprint density at radius 1 is 1.19 bits per heavy atom. The molecule has 1 aromatic carbocycles. The largest absolute Gasteiger partial charge is 0.461 e. The lowest BCUT2D eigenvalue weighted by molar-refractivity contribution is 0.102. The molecule has 0 aliphatic heterocycles. The van der Waals surface area contributed by atoms with E-state index in [2.05, 4.69) is 25.8 Å². The third-order valence-electron chi connectivity index (χ3n) is 3.76. The second kappa shape index (κ2) is 7.32. The maximum absolute atomic E-state index is 12.1. The summed E-state index contributed by atoms with van der Waals surface area (Å²) in [5.74, 6) is 1.36. The third kappa shape index (κ3) is 3.70. The van der Waals surface area contributed by atoms with Crippen molar-refractivity contribution in [1.29, 1.82) is 0 Å². The van der Waals surface area contributed by atoms with Crippen LogP contribution in [-0.2, 0) is 6.42 Å². The number of hydrogen-bond donors (Lipinski definition) is 2. The standard InChI is InChI=1S/C18H15N5O2S/c24-17(22-18-23-21-11-26-18)13-5-6-16(20-10-13)19-8-7-14-9-12-3-1-2-4-15(12)25-14/h1-6,9-11H,7-8H2,(H,19,20)(H,22,23,24). The molecule has 7 nitrogen and oxygen atoms in total. The number of rotatable bonds is 6. The molecule has 2 N–H and O–H groups in total. The zero-order chi connectivity index (χ0) is 17.8. The summed E-state index contributed by atoms with van der Waals surface area (Å²) in [6.07, 6.45) is 2.27. The van der Waals surface area contributed by atoms with Gasteiger partial charge in [0, 0.05) is 24.5 Å². The summed E-state index contributed by atoms with van der Waals surface area (Å²) >= 11 is 1.26. The molecule has 0 saturated carbocycles. The van der Waals surface area contributed by atoms with E-state index in [1.807, 2.05) is 30.3 Å². The van der Waals surface area contributed by atoms with Gasteiger partial charge in [0.15, 0.2) is 0 Å². The van der Waals surface area contributed by atoms with E-state index in [4.69, 9.17) is 4.42 Å². The van der Waals surface area contributed by atoms with Crippen LogP contribution < -0.4 is 10.6 Å². The Hall–Kier alpha value is -3.26. The van der Waals surface area contributed by atoms with Gasteiger partial charge in [-0.3, -0.25) is 10.1 Å². The lowest BCUT2D eigenvalue weighted by atomic mass is 10.2. The van der Waals surface area contributed by atoms with E-state index in [1.165, 1.54) is 17.5 Å². The number of fused-ring (bicyclic) bond motifs is 1. The van der Waals surface area contributed by atoms with Crippen LogP contribution in [0, 0.1) is 0 Å². The van der Waals surface area contributed by atoms with Crippen LogP contribution in [-0.4, -0.2) is 27.6 Å². The Kier molecular flexibility index (Phi) is 4.57. The normalized spacial score (nSPS) is 10.8. The second-order valence-electron chi connectivity index (χ2n) is 5.56. The predicted molar refractivity (Wildman–Crippen MR) is 101 cm³/mol. The van der Waals surface area contributed by atoms with Crippen LogP contribution in [0.3, 0.4) is 0 Å². The number of para-hydroxylation sites is 1. The molecule has 0 bridgehead atoms. The van der Waals surface area contributed by atoms with Gasteiger partial charge < -0.3 is 9.73 Å². The molecular formula is C18H15N5O2S. The minimum atomic E-state index is -0.261. The van der Waals surface area contributed by atoms with Gasteiger partial charge in [-0.1, -0.05) is 29.5 Å². The topological polar surface area (TPSA) is 92.9 Å². The SMILES string of the molecule is O=C(Nc1nncs1)c1ccc(NCCc2cc3ccccc3o2)nc1. The number of amides is 1. The molecule has 3 heterocycles. The van der Waals surface area contributed by atoms with Gasteiger partial charge in [-0.15, -0.1) is 10.2 Å². The fourth-order valence-electron chi connectivity index (χ4n) is 2.50. The van der Waals surface area contributed by atoms with Crippen molar-refractivity contribution in [3.05, 3.63) is 65.5 Å². The summed E-state index contributed by atoms with van der Waals surface area (Å²) in [5.41, 5.74) is 2.91. The summed E-state index contributed by atoms with van der Waals surface area (Å²) < 4.78 is 5.78. The average molecular weight is 365 g/mol. The molecule has 0 atom stereocenters. The molecule has 8 heteroatoms. The molecule has 0 saturated heterocycles. The molecule has 0 spiro atoms. The summed E-state index contributed by atoms with van der Waals surface area (Å²) in [6, 6.07) is 13.5. The predicted octanol–water partition coefficient (Wildman–Crippen LogP) is 3.59. The maximum Gasteiger partial charge on any atom is 0.259 e. The van der Waals surface area contributed by atoms with E-state index in [9.17, 15) is 4.79 Å². The molecule has 0 aliphatic carbocycles. The van der Waals surface area contributed by atoms with E-state index in [-0.39, 0.29) is 5.91 Å². The van der Waals surface area contributed by atoms with Crippen molar-refractivity contribution in [3.8, 4) is 0 Å². The van der Waals surface area contributed by atoms with Crippen molar-refractivity contribution < 1.29 is 9.21 Å². The first kappa shape index (κ1) is 16.2. The number of hydrogen-bond acceptors (Lipinski definition) is 7. The first-order valence-electron chi connectivity index (χ1n) is 8.03. The van der Waals surface area contributed by atoms with Crippen molar-refractivity contribution >= 4 is 39.2 Å². The van der Waals surface area contributed by atoms with Crippen LogP contribution in [0.15, 0.2) is 58.6 Å². The van der Waals surface area contributed by atoms with Gasteiger partial charge in [0.25, 0.3) is 5.91 Å². The highest BCUT2D eigenvalue weighted by Gasteiger charge is 2.09. The highest BCUT2D eigenvalue weighted by Crippen LogP contribution is 2.19. The van der Waals surface area contributed by atoms with Crippen LogP contribution in [0.25, 0.3) is 11.0 Å². The van der Waals surface area contributed by atoms with Gasteiger partial charge in [-0.2, -0.15) is 0 Å². The van der Waals surface area contributed by atoms with Crippen LogP contribution in [0.1, 0.15) is 16.1 Å². The quantitative estimate of drug-likeness (QED) is 0.542. The Morgan fingerprint density at radius 2 is 2.12 bits per heavy atom. The lowest BCUT2D eigenvalue weighted by Gasteiger charge is -2.05. The Bertz CT molecular complexity index is 979. The number of furan rings is 1. The molecule has 4 rings (SSSR count). The number of nitrogens with zero attached hydrogens (tertiary/aromatic N) is 3. The van der Waals surface area contributed by atoms with E-state index in [0.29, 0.717) is 23.1 Å². The molecule has 26 heavy (non-hydrogen) atoms. The van der Waals surface area contributed by atoms with Crippen molar-refractivity contribution in [3.63, 3.8) is 0 Å². The van der Waals surface area contributed by atoms with Crippen LogP contribution >= 0.6 is 11.3 Å². The van der Waals surface area contributed by atoms with Crippen LogP contribution in [0.5, 0.6) is 0 Å². The molecule has 4 aromatic rings. The van der Waals surface area contributed by atoms with Crippen molar-refractivity contribution in [2.24, 2.45) is 0 Å². The van der Waals surface area contributed by atoms with E-state index in [1.54, 1.807) is 17.6 Å². The smallest absolute Gasteiger partial charge is 0.259 e. The number of pyridine rings is 1. The number of nitrogens with one attached hydrogen (secondary N) is 2. The Morgan fingerprint density at radius 3 is 2.88 bits per heavy atom. The highest BCUT2D eigenvalue weighted by molar-refractivity contribution is 7.13. The van der Waals surface area contributed by atoms with Crippen LogP contribution in [0.2, 0.25) is 0 Å². The number of benzene rings is 1. The van der Waals surface area contributed by atoms with Gasteiger partial charge >= 0.3 is 0 Å². The second-order valence-corrected chi connectivity index (χ2v) is 6.39. The van der Waals surface area contributed by atoms with Gasteiger partial charge in [0.2, 0.25) is 5.13 Å². The zero-order valence-corrected chi connectivity index (χ0v) is 14.5. The van der Waals surface area contributed by atoms with Crippen molar-refractivity contribution in [1.82, 2.24) is 15.2 Å². The molecule has 0 radical (unpaired) electrons. The Labute approximate surface area is 153 Å². The van der Waals surface area contributed by atoms with Gasteiger partial charge in [0.1, 0.15) is 22.7 Å². The lowest BCUT2D eigenvalue weighted by Crippen LogP contribution is -2.12. The maximum atomic E-state index is 12.1. The average Bonchev–Trinajstić information content (AvgIpc) is 3.31. The number of carbonyl (C=O) groups excluding carboxylic acids is 1. The minimum absolute atomic E-state index is 0.261. The first-order valence-corrected chi connectivity index (χ1v) is 8.91. The van der Waals surface area contributed by atoms with E-state index >= 15 is 0 Å². The van der Waals surface area contributed by atoms with Gasteiger partial charge in [-0.25, -0.2) is 4.98 Å². The first-order chi connectivity index (χ1) is 12.8. The fraction of sp³-hybridized carbons (Fsp3) is 0.111. The van der Waals surface area contributed by atoms with Gasteiger partial charge in [0.05, 0.1) is 5.56 Å². The zero-order valence-electron chi connectivity index (χ0n) is 13.7. The minimum Gasteiger partial charge on any atom is -0.461 e. The molecular weight excluding hydrogens is 350 g/mol. The molecule has 0 fully saturated rings. The number of aromatic nitrogens is 3. The summed E-state index contributed by atoms with van der Waals surface area (Å²) in [6.45, 7) is 0.684. The van der Waals surface area contributed by atoms with E-state index in [0.717, 1.165) is 23.2 Å². The number of anilines is 2. The third-order valence-corrected chi connectivity index (χ3v) is 4.37. The monoisotopic (exact) mass is 365 g/mol. The molecule has 130 valence electrons. The molecule has 1 amide bonds. The van der Waals surface area contributed by atoms with Crippen LogP contribution in [0.4, 0.5) is 10.9 Å². The molecule has 0 unspecified atom stereocenters.